The first-order valence-corrected chi connectivity index (χ1v) is 8.25. The molecule has 6 heteroatoms. The van der Waals surface area contributed by atoms with Crippen LogP contribution < -0.4 is 5.32 Å². The van der Waals surface area contributed by atoms with E-state index in [0.717, 1.165) is 5.56 Å². The van der Waals surface area contributed by atoms with Gasteiger partial charge in [-0.25, -0.2) is 0 Å². The van der Waals surface area contributed by atoms with Crippen molar-refractivity contribution in [3.63, 3.8) is 0 Å². The van der Waals surface area contributed by atoms with Crippen LogP contribution in [-0.4, -0.2) is 40.4 Å². The lowest BCUT2D eigenvalue weighted by molar-refractivity contribution is -0.137. The molecule has 1 aliphatic rings. The van der Waals surface area contributed by atoms with Crippen molar-refractivity contribution in [1.29, 1.82) is 0 Å². The third kappa shape index (κ3) is 4.57. The van der Waals surface area contributed by atoms with Gasteiger partial charge < -0.3 is 15.3 Å². The van der Waals surface area contributed by atoms with Gasteiger partial charge in [0.15, 0.2) is 0 Å². The van der Waals surface area contributed by atoms with Gasteiger partial charge in [-0.2, -0.15) is 0 Å². The number of likely N-dealkylation sites (tertiary alicyclic amines) is 1. The molecule has 1 fully saturated rings. The minimum atomic E-state index is -0.896. The second-order valence-electron chi connectivity index (χ2n) is 6.45. The maximum atomic E-state index is 12.6. The Labute approximate surface area is 141 Å². The first-order chi connectivity index (χ1) is 11.4. The first kappa shape index (κ1) is 18.0. The number of carboxylic acids is 1. The number of hydrogen-bond donors (Lipinski definition) is 2. The van der Waals surface area contributed by atoms with E-state index >= 15 is 0 Å². The van der Waals surface area contributed by atoms with Crippen LogP contribution in [0.5, 0.6) is 0 Å². The Hall–Kier alpha value is -2.37. The lowest BCUT2D eigenvalue weighted by Gasteiger charge is -2.22. The van der Waals surface area contributed by atoms with Crippen LogP contribution in [-0.2, 0) is 14.4 Å². The summed E-state index contributed by atoms with van der Waals surface area (Å²) in [5, 5.41) is 11.9. The molecule has 0 aliphatic carbocycles. The Morgan fingerprint density at radius 2 is 1.96 bits per heavy atom. The average molecular weight is 332 g/mol. The fourth-order valence-electron chi connectivity index (χ4n) is 2.97. The predicted octanol–water partition coefficient (Wildman–Crippen LogP) is 1.97. The van der Waals surface area contributed by atoms with Crippen molar-refractivity contribution in [3.8, 4) is 0 Å². The summed E-state index contributed by atoms with van der Waals surface area (Å²) >= 11 is 0. The Morgan fingerprint density at radius 1 is 1.29 bits per heavy atom. The van der Waals surface area contributed by atoms with Crippen LogP contribution >= 0.6 is 0 Å². The fraction of sp³-hybridized carbons (Fsp3) is 0.500. The molecule has 2 amide bonds. The summed E-state index contributed by atoms with van der Waals surface area (Å²) in [6.45, 7) is 4.28. The van der Waals surface area contributed by atoms with Gasteiger partial charge in [-0.15, -0.1) is 0 Å². The van der Waals surface area contributed by atoms with Gasteiger partial charge >= 0.3 is 5.97 Å². The SMILES string of the molecule is CC(C)N1CC(C(=O)NC(CCC(=O)O)c2ccccc2)CC1=O. The number of carbonyl (C=O) groups is 3. The first-order valence-electron chi connectivity index (χ1n) is 8.25. The quantitative estimate of drug-likeness (QED) is 0.799. The Balaban J connectivity index is 2.05. The highest BCUT2D eigenvalue weighted by molar-refractivity contribution is 5.89. The van der Waals surface area contributed by atoms with Gasteiger partial charge in [-0.3, -0.25) is 14.4 Å². The van der Waals surface area contributed by atoms with E-state index in [1.165, 1.54) is 0 Å². The molecule has 2 atom stereocenters. The molecule has 24 heavy (non-hydrogen) atoms. The topological polar surface area (TPSA) is 86.7 Å². The van der Waals surface area contributed by atoms with E-state index in [0.29, 0.717) is 13.0 Å². The van der Waals surface area contributed by atoms with Gasteiger partial charge in [0.25, 0.3) is 0 Å². The maximum Gasteiger partial charge on any atom is 0.303 e. The zero-order valence-corrected chi connectivity index (χ0v) is 14.1. The summed E-state index contributed by atoms with van der Waals surface area (Å²) in [6, 6.07) is 9.03. The van der Waals surface area contributed by atoms with Crippen molar-refractivity contribution in [2.24, 2.45) is 5.92 Å². The van der Waals surface area contributed by atoms with Crippen LogP contribution in [0.25, 0.3) is 0 Å². The van der Waals surface area contributed by atoms with Crippen molar-refractivity contribution in [2.45, 2.75) is 45.2 Å². The van der Waals surface area contributed by atoms with Crippen LogP contribution in [0.4, 0.5) is 0 Å². The number of carboxylic acid groups (broad SMARTS) is 1. The van der Waals surface area contributed by atoms with E-state index in [2.05, 4.69) is 5.32 Å². The van der Waals surface area contributed by atoms with E-state index in [1.807, 2.05) is 44.2 Å². The van der Waals surface area contributed by atoms with E-state index in [4.69, 9.17) is 5.11 Å². The van der Waals surface area contributed by atoms with Gasteiger partial charge in [0.1, 0.15) is 0 Å². The van der Waals surface area contributed by atoms with Crippen LogP contribution in [0.1, 0.15) is 44.7 Å². The predicted molar refractivity (Wildman–Crippen MR) is 89.2 cm³/mol. The summed E-state index contributed by atoms with van der Waals surface area (Å²) in [7, 11) is 0. The second kappa shape index (κ2) is 7.95. The zero-order chi connectivity index (χ0) is 17.7. The largest absolute Gasteiger partial charge is 0.481 e. The van der Waals surface area contributed by atoms with Crippen LogP contribution in [0.3, 0.4) is 0 Å². The van der Waals surface area contributed by atoms with Gasteiger partial charge in [0.05, 0.1) is 12.0 Å². The van der Waals surface area contributed by atoms with Crippen LogP contribution in [0.15, 0.2) is 30.3 Å². The lowest BCUT2D eigenvalue weighted by atomic mass is 10.00. The minimum Gasteiger partial charge on any atom is -0.481 e. The van der Waals surface area contributed by atoms with Crippen molar-refractivity contribution >= 4 is 17.8 Å². The summed E-state index contributed by atoms with van der Waals surface area (Å²) in [4.78, 5) is 37.1. The standard InChI is InChI=1S/C18H24N2O4/c1-12(2)20-11-14(10-16(20)21)18(24)19-15(8-9-17(22)23)13-6-4-3-5-7-13/h3-7,12,14-15H,8-11H2,1-2H3,(H,19,24)(H,22,23). The van der Waals surface area contributed by atoms with Crippen LogP contribution in [0.2, 0.25) is 0 Å². The number of rotatable bonds is 7. The van der Waals surface area contributed by atoms with Crippen LogP contribution in [0, 0.1) is 5.92 Å². The highest BCUT2D eigenvalue weighted by Crippen LogP contribution is 2.23. The molecule has 2 N–H and O–H groups in total. The molecule has 1 saturated heterocycles. The van der Waals surface area contributed by atoms with Crippen molar-refractivity contribution in [3.05, 3.63) is 35.9 Å². The number of benzene rings is 1. The van der Waals surface area contributed by atoms with E-state index in [-0.39, 0.29) is 42.7 Å². The summed E-state index contributed by atoms with van der Waals surface area (Å²) < 4.78 is 0. The molecule has 0 saturated carbocycles. The molecule has 1 aromatic carbocycles. The van der Waals surface area contributed by atoms with Crippen molar-refractivity contribution in [1.82, 2.24) is 10.2 Å². The summed E-state index contributed by atoms with van der Waals surface area (Å²) in [5.74, 6) is -1.47. The summed E-state index contributed by atoms with van der Waals surface area (Å²) in [5.41, 5.74) is 0.872. The van der Waals surface area contributed by atoms with Crippen molar-refractivity contribution in [2.75, 3.05) is 6.54 Å². The lowest BCUT2D eigenvalue weighted by Crippen LogP contribution is -2.37. The Kier molecular flexibility index (Phi) is 5.95. The van der Waals surface area contributed by atoms with E-state index in [9.17, 15) is 14.4 Å². The molecule has 2 unspecified atom stereocenters. The highest BCUT2D eigenvalue weighted by atomic mass is 16.4. The van der Waals surface area contributed by atoms with E-state index in [1.54, 1.807) is 4.90 Å². The number of hydrogen-bond acceptors (Lipinski definition) is 3. The average Bonchev–Trinajstić information content (AvgIpc) is 2.94. The molecule has 0 aromatic heterocycles. The molecule has 1 heterocycles. The molecular formula is C18H24N2O4. The normalized spacial score (nSPS) is 18.7. The zero-order valence-electron chi connectivity index (χ0n) is 14.1. The third-order valence-corrected chi connectivity index (χ3v) is 4.32. The van der Waals surface area contributed by atoms with E-state index < -0.39 is 5.97 Å². The molecule has 0 bridgehead atoms. The number of aliphatic carboxylic acids is 1. The smallest absolute Gasteiger partial charge is 0.303 e. The van der Waals surface area contributed by atoms with Gasteiger partial charge in [0.2, 0.25) is 11.8 Å². The molecule has 2 rings (SSSR count). The summed E-state index contributed by atoms with van der Waals surface area (Å²) in [6.07, 6.45) is 0.506. The third-order valence-electron chi connectivity index (χ3n) is 4.32. The minimum absolute atomic E-state index is 0.00746. The maximum absolute atomic E-state index is 12.6. The number of amides is 2. The molecule has 0 spiro atoms. The number of nitrogens with zero attached hydrogens (tertiary/aromatic N) is 1. The highest BCUT2D eigenvalue weighted by Gasteiger charge is 2.36. The van der Waals surface area contributed by atoms with Gasteiger partial charge in [-0.05, 0) is 25.8 Å². The Bertz CT molecular complexity index is 600. The van der Waals surface area contributed by atoms with Crippen molar-refractivity contribution < 1.29 is 19.5 Å². The van der Waals surface area contributed by atoms with Gasteiger partial charge in [0, 0.05) is 25.4 Å². The molecular weight excluding hydrogens is 308 g/mol. The molecule has 1 aromatic rings. The Morgan fingerprint density at radius 3 is 2.50 bits per heavy atom. The molecule has 130 valence electrons. The monoisotopic (exact) mass is 332 g/mol. The molecule has 0 radical (unpaired) electrons. The fourth-order valence-corrected chi connectivity index (χ4v) is 2.97. The number of carbonyl (C=O) groups excluding carboxylic acids is 2. The number of nitrogens with one attached hydrogen (secondary N) is 1. The van der Waals surface area contributed by atoms with Gasteiger partial charge in [-0.1, -0.05) is 30.3 Å². The molecule has 1 aliphatic heterocycles. The second-order valence-corrected chi connectivity index (χ2v) is 6.45. The molecule has 6 nitrogen and oxygen atoms in total.